The molecule has 2 atom stereocenters. The highest BCUT2D eigenvalue weighted by atomic mass is 35.5. The SMILES string of the molecule is COc1cc(F)c2c(=O)n(-c3ccc(Cl)c(/C(N)=N/S(=O)C4CC4)c3NCC(F)F)c(C(N)Cc3cc(F)cc(F)c3)nc2c1. The lowest BCUT2D eigenvalue weighted by Gasteiger charge is -2.23. The number of nitrogens with two attached hydrogens (primary N) is 2. The van der Waals surface area contributed by atoms with E-state index in [-0.39, 0.29) is 62.1 Å². The van der Waals surface area contributed by atoms with Crippen LogP contribution >= 0.6 is 11.6 Å². The van der Waals surface area contributed by atoms with E-state index in [1.54, 1.807) is 0 Å². The van der Waals surface area contributed by atoms with Crippen LogP contribution in [0.15, 0.2) is 51.7 Å². The maximum absolute atomic E-state index is 15.4. The molecule has 9 nitrogen and oxygen atoms in total. The van der Waals surface area contributed by atoms with Gasteiger partial charge in [0.25, 0.3) is 12.0 Å². The van der Waals surface area contributed by atoms with Crippen LogP contribution in [-0.2, 0) is 17.4 Å². The van der Waals surface area contributed by atoms with Gasteiger partial charge in [0.2, 0.25) is 0 Å². The van der Waals surface area contributed by atoms with E-state index < -0.39 is 58.4 Å². The Kier molecular flexibility index (Phi) is 9.41. The number of anilines is 1. The van der Waals surface area contributed by atoms with Crippen molar-refractivity contribution in [2.24, 2.45) is 15.9 Å². The molecule has 0 amide bonds. The highest BCUT2D eigenvalue weighted by Crippen LogP contribution is 2.34. The number of amidine groups is 1. The van der Waals surface area contributed by atoms with Crippen LogP contribution in [0.2, 0.25) is 5.02 Å². The van der Waals surface area contributed by atoms with Crippen LogP contribution in [0.3, 0.4) is 0 Å². The van der Waals surface area contributed by atoms with Crippen molar-refractivity contribution in [2.75, 3.05) is 19.0 Å². The van der Waals surface area contributed by atoms with Gasteiger partial charge in [-0.3, -0.25) is 9.36 Å². The molecule has 0 aliphatic heterocycles. The van der Waals surface area contributed by atoms with E-state index >= 15 is 4.39 Å². The van der Waals surface area contributed by atoms with Crippen molar-refractivity contribution in [2.45, 2.75) is 37.0 Å². The highest BCUT2D eigenvalue weighted by Gasteiger charge is 2.30. The maximum Gasteiger partial charge on any atom is 0.269 e. The third-order valence-corrected chi connectivity index (χ3v) is 8.66. The average Bonchev–Trinajstić information content (AvgIpc) is 3.81. The number of benzene rings is 3. The standard InChI is InChI=1S/C29H26ClF5N6O3S/c1-44-16-10-19(33)25-21(11-16)39-28(20(36)8-13-6-14(31)9-15(32)7-13)41(29(25)42)22-5-4-18(30)24(26(22)38-12-23(34)35)27(37)40-45(43)17-2-3-17/h4-7,9-11,17,20,23,38H,2-3,8,12,36H2,1H3,(H2,37,40). The molecular formula is C29H26ClF5N6O3S. The van der Waals surface area contributed by atoms with E-state index in [4.69, 9.17) is 27.8 Å². The summed E-state index contributed by atoms with van der Waals surface area (Å²) in [7, 11) is -0.451. The van der Waals surface area contributed by atoms with Crippen LogP contribution in [0.5, 0.6) is 5.75 Å². The first-order chi connectivity index (χ1) is 21.4. The largest absolute Gasteiger partial charge is 0.497 e. The van der Waals surface area contributed by atoms with Gasteiger partial charge in [-0.25, -0.2) is 31.1 Å². The van der Waals surface area contributed by atoms with Crippen molar-refractivity contribution in [1.29, 1.82) is 0 Å². The molecule has 3 aromatic carbocycles. The number of hydrogen-bond acceptors (Lipinski definition) is 6. The molecule has 45 heavy (non-hydrogen) atoms. The summed E-state index contributed by atoms with van der Waals surface area (Å²) in [6, 6.07) is 6.33. The van der Waals surface area contributed by atoms with Gasteiger partial charge < -0.3 is 21.5 Å². The topological polar surface area (TPSA) is 138 Å². The van der Waals surface area contributed by atoms with E-state index in [1.165, 1.54) is 25.3 Å². The number of nitrogens with zero attached hydrogens (tertiary/aromatic N) is 3. The Bertz CT molecular complexity index is 1880. The minimum Gasteiger partial charge on any atom is -0.497 e. The molecule has 5 rings (SSSR count). The first-order valence-corrected chi connectivity index (χ1v) is 15.0. The van der Waals surface area contributed by atoms with Gasteiger partial charge >= 0.3 is 0 Å². The summed E-state index contributed by atoms with van der Waals surface area (Å²) < 4.78 is 92.9. The Labute approximate surface area is 260 Å². The molecule has 0 bridgehead atoms. The van der Waals surface area contributed by atoms with E-state index in [0.29, 0.717) is 18.9 Å². The van der Waals surface area contributed by atoms with Gasteiger partial charge in [-0.2, -0.15) is 4.40 Å². The summed E-state index contributed by atoms with van der Waals surface area (Å²) in [4.78, 5) is 18.6. The Morgan fingerprint density at radius 3 is 2.49 bits per heavy atom. The van der Waals surface area contributed by atoms with Crippen LogP contribution in [0.1, 0.15) is 35.8 Å². The molecule has 1 aliphatic rings. The molecule has 0 saturated heterocycles. The van der Waals surface area contributed by atoms with E-state index in [9.17, 15) is 26.6 Å². The Morgan fingerprint density at radius 1 is 1.18 bits per heavy atom. The number of aromatic nitrogens is 2. The normalized spacial score (nSPS) is 15.0. The van der Waals surface area contributed by atoms with E-state index in [2.05, 4.69) is 14.7 Å². The molecule has 1 aromatic heterocycles. The molecule has 1 heterocycles. The molecular weight excluding hydrogens is 643 g/mol. The Balaban J connectivity index is 1.80. The van der Waals surface area contributed by atoms with Crippen LogP contribution in [0.4, 0.5) is 27.6 Å². The fourth-order valence-corrected chi connectivity index (χ4v) is 6.01. The predicted molar refractivity (Wildman–Crippen MR) is 162 cm³/mol. The van der Waals surface area contributed by atoms with Crippen molar-refractivity contribution < 1.29 is 30.9 Å². The minimum atomic E-state index is -2.88. The molecule has 0 spiro atoms. The van der Waals surface area contributed by atoms with Gasteiger partial charge in [-0.15, -0.1) is 0 Å². The van der Waals surface area contributed by atoms with Gasteiger partial charge in [-0.05, 0) is 49.1 Å². The quantitative estimate of drug-likeness (QED) is 0.117. The first-order valence-electron chi connectivity index (χ1n) is 13.5. The maximum atomic E-state index is 15.4. The summed E-state index contributed by atoms with van der Waals surface area (Å²) in [5, 5.41) is 1.74. The van der Waals surface area contributed by atoms with Crippen LogP contribution < -0.4 is 27.1 Å². The second kappa shape index (κ2) is 13.1. The zero-order valence-corrected chi connectivity index (χ0v) is 25.1. The van der Waals surface area contributed by atoms with Gasteiger partial charge in [0.1, 0.15) is 51.2 Å². The van der Waals surface area contributed by atoms with Crippen molar-refractivity contribution in [1.82, 2.24) is 9.55 Å². The molecule has 1 fully saturated rings. The second-order valence-electron chi connectivity index (χ2n) is 10.2. The minimum absolute atomic E-state index is 0.0390. The van der Waals surface area contributed by atoms with Crippen LogP contribution in [-0.4, -0.2) is 44.9 Å². The number of methoxy groups -OCH3 is 1. The Morgan fingerprint density at radius 2 is 1.87 bits per heavy atom. The number of fused-ring (bicyclic) bond motifs is 1. The zero-order valence-electron chi connectivity index (χ0n) is 23.5. The van der Waals surface area contributed by atoms with Crippen molar-refractivity contribution in [3.05, 3.63) is 92.2 Å². The number of ether oxygens (including phenoxy) is 1. The summed E-state index contributed by atoms with van der Waals surface area (Å²) in [5.41, 5.74) is 11.1. The molecule has 0 radical (unpaired) electrons. The zero-order chi connectivity index (χ0) is 32.6. The molecule has 16 heteroatoms. The van der Waals surface area contributed by atoms with Crippen molar-refractivity contribution in [3.63, 3.8) is 0 Å². The fourth-order valence-electron chi connectivity index (χ4n) is 4.78. The van der Waals surface area contributed by atoms with Gasteiger partial charge in [0, 0.05) is 18.2 Å². The number of alkyl halides is 2. The third kappa shape index (κ3) is 6.94. The summed E-state index contributed by atoms with van der Waals surface area (Å²) in [5.74, 6) is -3.28. The van der Waals surface area contributed by atoms with E-state index in [1.807, 2.05) is 0 Å². The lowest BCUT2D eigenvalue weighted by Crippen LogP contribution is -2.31. The lowest BCUT2D eigenvalue weighted by molar-refractivity contribution is 0.163. The van der Waals surface area contributed by atoms with Crippen molar-refractivity contribution >= 4 is 45.0 Å². The van der Waals surface area contributed by atoms with Crippen LogP contribution in [0.25, 0.3) is 16.6 Å². The molecule has 2 unspecified atom stereocenters. The molecule has 1 aliphatic carbocycles. The monoisotopic (exact) mass is 668 g/mol. The summed E-state index contributed by atoms with van der Waals surface area (Å²) in [6.45, 7) is -0.940. The third-order valence-electron chi connectivity index (χ3n) is 6.93. The van der Waals surface area contributed by atoms with Gasteiger partial charge in [0.15, 0.2) is 0 Å². The Hall–Kier alpha value is -4.08. The average molecular weight is 669 g/mol. The fraction of sp³-hybridized carbons (Fsp3) is 0.276. The molecule has 4 aromatic rings. The van der Waals surface area contributed by atoms with Gasteiger partial charge in [0.05, 0.1) is 52.4 Å². The second-order valence-corrected chi connectivity index (χ2v) is 12.1. The summed E-state index contributed by atoms with van der Waals surface area (Å²) >= 11 is 6.45. The van der Waals surface area contributed by atoms with E-state index in [0.717, 1.165) is 22.8 Å². The number of hydrogen-bond donors (Lipinski definition) is 3. The first kappa shape index (κ1) is 32.3. The predicted octanol–water partition coefficient (Wildman–Crippen LogP) is 4.92. The number of rotatable bonds is 11. The molecule has 5 N–H and O–H groups in total. The van der Waals surface area contributed by atoms with Crippen LogP contribution in [0, 0.1) is 17.5 Å². The number of nitrogens with one attached hydrogen (secondary N) is 1. The molecule has 238 valence electrons. The smallest absolute Gasteiger partial charge is 0.269 e. The van der Waals surface area contributed by atoms with Gasteiger partial charge in [-0.1, -0.05) is 11.6 Å². The lowest BCUT2D eigenvalue weighted by atomic mass is 10.0. The molecule has 1 saturated carbocycles. The number of halogens is 6. The summed E-state index contributed by atoms with van der Waals surface area (Å²) in [6.07, 6.45) is -1.80. The van der Waals surface area contributed by atoms with Crippen molar-refractivity contribution in [3.8, 4) is 11.4 Å². The highest BCUT2D eigenvalue weighted by molar-refractivity contribution is 7.84.